The lowest BCUT2D eigenvalue weighted by Gasteiger charge is -2.00. The van der Waals surface area contributed by atoms with Gasteiger partial charge in [-0.1, -0.05) is 29.8 Å². The summed E-state index contributed by atoms with van der Waals surface area (Å²) in [6, 6.07) is 7.91. The summed E-state index contributed by atoms with van der Waals surface area (Å²) in [4.78, 5) is 11.0. The molecule has 0 spiro atoms. The quantitative estimate of drug-likeness (QED) is 0.765. The first kappa shape index (κ1) is 9.97. The van der Waals surface area contributed by atoms with Crippen LogP contribution in [0.4, 0.5) is 0 Å². The molecule has 0 atom stereocenters. The summed E-state index contributed by atoms with van der Waals surface area (Å²) in [6.45, 7) is 2.01. The Hall–Kier alpha value is -1.57. The molecule has 1 fully saturated rings. The number of benzene rings is 1. The standard InChI is InChI=1S/C13H14O2/c1-9-3-2-4-10(7-9)8-12(13(14)15)11-5-6-11/h2-4,7-8,11H,5-6H2,1H3,(H,14,15)/b12-8-. The number of carboxylic acid groups (broad SMARTS) is 1. The van der Waals surface area contributed by atoms with E-state index in [4.69, 9.17) is 5.11 Å². The molecule has 1 aromatic carbocycles. The second-order valence-corrected chi connectivity index (χ2v) is 4.09. The summed E-state index contributed by atoms with van der Waals surface area (Å²) in [5.74, 6) is -0.498. The summed E-state index contributed by atoms with van der Waals surface area (Å²) in [5.41, 5.74) is 2.70. The van der Waals surface area contributed by atoms with Crippen LogP contribution in [0, 0.1) is 12.8 Å². The van der Waals surface area contributed by atoms with E-state index in [9.17, 15) is 4.79 Å². The van der Waals surface area contributed by atoms with Gasteiger partial charge < -0.3 is 5.11 Å². The van der Waals surface area contributed by atoms with Crippen molar-refractivity contribution in [2.24, 2.45) is 5.92 Å². The fourth-order valence-corrected chi connectivity index (χ4v) is 1.69. The van der Waals surface area contributed by atoms with Gasteiger partial charge in [-0.3, -0.25) is 0 Å². The van der Waals surface area contributed by atoms with Gasteiger partial charge in [0, 0.05) is 5.57 Å². The second-order valence-electron chi connectivity index (χ2n) is 4.09. The highest BCUT2D eigenvalue weighted by Crippen LogP contribution is 2.37. The van der Waals surface area contributed by atoms with Crippen LogP contribution < -0.4 is 0 Å². The number of rotatable bonds is 3. The Morgan fingerprint density at radius 1 is 1.47 bits per heavy atom. The summed E-state index contributed by atoms with van der Waals surface area (Å²) < 4.78 is 0. The Balaban J connectivity index is 2.30. The van der Waals surface area contributed by atoms with Crippen LogP contribution in [-0.4, -0.2) is 11.1 Å². The van der Waals surface area contributed by atoms with Crippen molar-refractivity contribution in [3.05, 3.63) is 41.0 Å². The topological polar surface area (TPSA) is 37.3 Å². The van der Waals surface area contributed by atoms with Crippen molar-refractivity contribution in [1.82, 2.24) is 0 Å². The monoisotopic (exact) mass is 202 g/mol. The number of hydrogen-bond acceptors (Lipinski definition) is 1. The second kappa shape index (κ2) is 3.89. The van der Waals surface area contributed by atoms with E-state index in [2.05, 4.69) is 0 Å². The van der Waals surface area contributed by atoms with Crippen LogP contribution in [0.2, 0.25) is 0 Å². The van der Waals surface area contributed by atoms with Gasteiger partial charge in [0.05, 0.1) is 0 Å². The van der Waals surface area contributed by atoms with E-state index >= 15 is 0 Å². The maximum Gasteiger partial charge on any atom is 0.331 e. The Labute approximate surface area is 89.2 Å². The minimum absolute atomic E-state index is 0.281. The van der Waals surface area contributed by atoms with Gasteiger partial charge in [-0.15, -0.1) is 0 Å². The van der Waals surface area contributed by atoms with Crippen LogP contribution in [0.5, 0.6) is 0 Å². The molecule has 0 bridgehead atoms. The molecule has 0 heterocycles. The van der Waals surface area contributed by atoms with Crippen molar-refractivity contribution in [3.63, 3.8) is 0 Å². The van der Waals surface area contributed by atoms with Crippen molar-refractivity contribution < 1.29 is 9.90 Å². The van der Waals surface area contributed by atoms with Crippen LogP contribution >= 0.6 is 0 Å². The zero-order valence-corrected chi connectivity index (χ0v) is 8.73. The molecule has 2 heteroatoms. The number of carbonyl (C=O) groups is 1. The van der Waals surface area contributed by atoms with E-state index in [1.807, 2.05) is 31.2 Å². The molecule has 0 aromatic heterocycles. The molecule has 0 unspecified atom stereocenters. The molecular weight excluding hydrogens is 188 g/mol. The number of aliphatic carboxylic acids is 1. The van der Waals surface area contributed by atoms with Crippen LogP contribution in [0.1, 0.15) is 24.0 Å². The van der Waals surface area contributed by atoms with Crippen molar-refractivity contribution in [1.29, 1.82) is 0 Å². The van der Waals surface area contributed by atoms with Gasteiger partial charge in [0.2, 0.25) is 0 Å². The third kappa shape index (κ3) is 2.46. The summed E-state index contributed by atoms with van der Waals surface area (Å²) >= 11 is 0. The van der Waals surface area contributed by atoms with Gasteiger partial charge in [-0.05, 0) is 37.3 Å². The van der Waals surface area contributed by atoms with Crippen molar-refractivity contribution in [2.75, 3.05) is 0 Å². The first-order valence-corrected chi connectivity index (χ1v) is 5.18. The van der Waals surface area contributed by atoms with E-state index in [-0.39, 0.29) is 5.92 Å². The lowest BCUT2D eigenvalue weighted by molar-refractivity contribution is -0.132. The van der Waals surface area contributed by atoms with Gasteiger partial charge >= 0.3 is 5.97 Å². The highest BCUT2D eigenvalue weighted by Gasteiger charge is 2.30. The Morgan fingerprint density at radius 3 is 2.73 bits per heavy atom. The van der Waals surface area contributed by atoms with E-state index in [1.54, 1.807) is 6.08 Å². The van der Waals surface area contributed by atoms with Crippen LogP contribution in [0.25, 0.3) is 6.08 Å². The molecule has 2 nitrogen and oxygen atoms in total. The lowest BCUT2D eigenvalue weighted by atomic mass is 10.1. The average Bonchev–Trinajstić information content (AvgIpc) is 2.97. The SMILES string of the molecule is Cc1cccc(/C=C(\C(=O)O)C2CC2)c1. The van der Waals surface area contributed by atoms with Crippen LogP contribution in [0.3, 0.4) is 0 Å². The molecule has 0 aliphatic heterocycles. The molecule has 0 radical (unpaired) electrons. The third-order valence-corrected chi connectivity index (χ3v) is 2.63. The highest BCUT2D eigenvalue weighted by molar-refractivity contribution is 5.93. The summed E-state index contributed by atoms with van der Waals surface area (Å²) in [7, 11) is 0. The molecule has 0 saturated heterocycles. The molecule has 1 aromatic rings. The molecule has 2 rings (SSSR count). The van der Waals surface area contributed by atoms with Gasteiger partial charge in [-0.2, -0.15) is 0 Å². The Kier molecular flexibility index (Phi) is 2.58. The average molecular weight is 202 g/mol. The van der Waals surface area contributed by atoms with Crippen LogP contribution in [-0.2, 0) is 4.79 Å². The maximum absolute atomic E-state index is 11.0. The molecule has 1 aliphatic rings. The highest BCUT2D eigenvalue weighted by atomic mass is 16.4. The summed E-state index contributed by atoms with van der Waals surface area (Å²) in [6.07, 6.45) is 3.83. The smallest absolute Gasteiger partial charge is 0.331 e. The van der Waals surface area contributed by atoms with Gasteiger partial charge in [-0.25, -0.2) is 4.79 Å². The van der Waals surface area contributed by atoms with Gasteiger partial charge in [0.25, 0.3) is 0 Å². The molecule has 1 N–H and O–H groups in total. The zero-order valence-electron chi connectivity index (χ0n) is 8.73. The molecule has 0 amide bonds. The molecule has 1 aliphatic carbocycles. The van der Waals surface area contributed by atoms with Gasteiger partial charge in [0.1, 0.15) is 0 Å². The first-order valence-electron chi connectivity index (χ1n) is 5.18. The van der Waals surface area contributed by atoms with Crippen molar-refractivity contribution in [2.45, 2.75) is 19.8 Å². The summed E-state index contributed by atoms with van der Waals surface area (Å²) in [5, 5.41) is 9.05. The third-order valence-electron chi connectivity index (χ3n) is 2.63. The van der Waals surface area contributed by atoms with E-state index in [0.717, 1.165) is 24.0 Å². The molecular formula is C13H14O2. The lowest BCUT2D eigenvalue weighted by Crippen LogP contribution is -2.02. The number of carboxylic acids is 1. The van der Waals surface area contributed by atoms with Gasteiger partial charge in [0.15, 0.2) is 0 Å². The normalized spacial score (nSPS) is 16.5. The van der Waals surface area contributed by atoms with Crippen LogP contribution in [0.15, 0.2) is 29.8 Å². The first-order chi connectivity index (χ1) is 7.16. The fourth-order valence-electron chi connectivity index (χ4n) is 1.69. The molecule has 15 heavy (non-hydrogen) atoms. The Morgan fingerprint density at radius 2 is 2.20 bits per heavy atom. The fraction of sp³-hybridized carbons (Fsp3) is 0.308. The minimum Gasteiger partial charge on any atom is -0.478 e. The van der Waals surface area contributed by atoms with E-state index in [0.29, 0.717) is 5.57 Å². The Bertz CT molecular complexity index is 414. The zero-order chi connectivity index (χ0) is 10.8. The van der Waals surface area contributed by atoms with E-state index in [1.165, 1.54) is 0 Å². The minimum atomic E-state index is -0.779. The predicted molar refractivity (Wildman–Crippen MR) is 59.5 cm³/mol. The molecule has 78 valence electrons. The number of aryl methyl sites for hydroxylation is 1. The number of hydrogen-bond donors (Lipinski definition) is 1. The van der Waals surface area contributed by atoms with Crippen molar-refractivity contribution >= 4 is 12.0 Å². The van der Waals surface area contributed by atoms with E-state index < -0.39 is 5.97 Å². The maximum atomic E-state index is 11.0. The largest absolute Gasteiger partial charge is 0.478 e. The van der Waals surface area contributed by atoms with Crippen molar-refractivity contribution in [3.8, 4) is 0 Å². The molecule has 1 saturated carbocycles. The predicted octanol–water partition coefficient (Wildman–Crippen LogP) is 2.87.